The van der Waals surface area contributed by atoms with Crippen molar-refractivity contribution in [3.63, 3.8) is 0 Å². The van der Waals surface area contributed by atoms with Gasteiger partial charge in [0.2, 0.25) is 5.91 Å². The minimum Gasteiger partial charge on any atom is -0.495 e. The Hall–Kier alpha value is -4.77. The predicted molar refractivity (Wildman–Crippen MR) is 149 cm³/mol. The summed E-state index contributed by atoms with van der Waals surface area (Å²) in [5.74, 6) is 1.26. The molecular formula is C28H25N5O5S. The fourth-order valence-electron chi connectivity index (χ4n) is 4.64. The second kappa shape index (κ2) is 11.3. The van der Waals surface area contributed by atoms with Crippen LogP contribution in [0.4, 0.5) is 11.4 Å². The van der Waals surface area contributed by atoms with E-state index in [-0.39, 0.29) is 24.1 Å². The van der Waals surface area contributed by atoms with E-state index < -0.39 is 11.0 Å². The van der Waals surface area contributed by atoms with E-state index in [1.165, 1.54) is 6.07 Å². The maximum atomic E-state index is 12.9. The van der Waals surface area contributed by atoms with Crippen LogP contribution in [0.3, 0.4) is 0 Å². The molecule has 0 saturated carbocycles. The molecule has 5 rings (SSSR count). The van der Waals surface area contributed by atoms with Gasteiger partial charge in [-0.05, 0) is 54.7 Å². The van der Waals surface area contributed by atoms with Crippen molar-refractivity contribution in [1.82, 2.24) is 15.2 Å². The van der Waals surface area contributed by atoms with Crippen LogP contribution in [0.5, 0.6) is 5.75 Å². The van der Waals surface area contributed by atoms with Gasteiger partial charge in [-0.2, -0.15) is 0 Å². The molecule has 0 bridgehead atoms. The molecule has 39 heavy (non-hydrogen) atoms. The Morgan fingerprint density at radius 1 is 1.13 bits per heavy atom. The average Bonchev–Trinajstić information content (AvgIpc) is 3.57. The molecule has 4 aromatic rings. The molecular weight excluding hydrogens is 518 g/mol. The number of carbonyl (C=O) groups excluding carboxylic acids is 1. The number of nitro benzene ring substituents is 1. The minimum atomic E-state index is -0.442. The van der Waals surface area contributed by atoms with E-state index in [9.17, 15) is 14.9 Å². The number of amides is 1. The van der Waals surface area contributed by atoms with Crippen LogP contribution in [-0.2, 0) is 4.79 Å². The fourth-order valence-corrected chi connectivity index (χ4v) is 4.97. The molecule has 0 unspecified atom stereocenters. The summed E-state index contributed by atoms with van der Waals surface area (Å²) in [5.41, 5.74) is 1.65. The van der Waals surface area contributed by atoms with Gasteiger partial charge in [0.15, 0.2) is 5.11 Å². The van der Waals surface area contributed by atoms with Gasteiger partial charge in [-0.1, -0.05) is 30.3 Å². The molecule has 0 spiro atoms. The molecule has 2 aromatic heterocycles. The number of nitrogens with zero attached hydrogens (tertiary/aromatic N) is 3. The van der Waals surface area contributed by atoms with Crippen LogP contribution in [-0.4, -0.2) is 39.5 Å². The zero-order valence-electron chi connectivity index (χ0n) is 20.9. The average molecular weight is 544 g/mol. The lowest BCUT2D eigenvalue weighted by Gasteiger charge is -2.26. The van der Waals surface area contributed by atoms with Crippen molar-refractivity contribution in [2.24, 2.45) is 0 Å². The van der Waals surface area contributed by atoms with Crippen LogP contribution in [0.1, 0.15) is 30.0 Å². The first-order valence-corrected chi connectivity index (χ1v) is 12.6. The predicted octanol–water partition coefficient (Wildman–Crippen LogP) is 5.26. The summed E-state index contributed by atoms with van der Waals surface area (Å²) in [6, 6.07) is 21.9. The first kappa shape index (κ1) is 25.9. The molecule has 1 aliphatic heterocycles. The number of rotatable bonds is 9. The molecule has 11 heteroatoms. The lowest BCUT2D eigenvalue weighted by atomic mass is 10.0. The number of pyridine rings is 1. The van der Waals surface area contributed by atoms with Crippen LogP contribution in [0.25, 0.3) is 11.3 Å². The highest BCUT2D eigenvalue weighted by Crippen LogP contribution is 2.41. The second-order valence-electron chi connectivity index (χ2n) is 8.79. The largest absolute Gasteiger partial charge is 0.495 e. The summed E-state index contributed by atoms with van der Waals surface area (Å²) in [6.07, 6.45) is 1.84. The van der Waals surface area contributed by atoms with E-state index in [2.05, 4.69) is 15.6 Å². The zero-order valence-corrected chi connectivity index (χ0v) is 21.8. The van der Waals surface area contributed by atoms with Gasteiger partial charge in [-0.3, -0.25) is 19.9 Å². The number of thiocarbonyl (C=S) groups is 1. The number of hydrogen-bond donors (Lipinski definition) is 2. The number of nitro groups is 1. The number of ether oxygens (including phenoxy) is 1. The lowest BCUT2D eigenvalue weighted by molar-refractivity contribution is -0.384. The van der Waals surface area contributed by atoms with Crippen LogP contribution >= 0.6 is 12.2 Å². The van der Waals surface area contributed by atoms with Gasteiger partial charge in [0.25, 0.3) is 5.69 Å². The molecule has 2 atom stereocenters. The van der Waals surface area contributed by atoms with E-state index in [0.717, 1.165) is 5.69 Å². The van der Waals surface area contributed by atoms with E-state index in [0.29, 0.717) is 40.2 Å². The summed E-state index contributed by atoms with van der Waals surface area (Å²) in [5, 5.41) is 18.2. The first-order valence-electron chi connectivity index (χ1n) is 12.2. The van der Waals surface area contributed by atoms with Crippen molar-refractivity contribution in [2.45, 2.75) is 18.5 Å². The monoisotopic (exact) mass is 543 g/mol. The quantitative estimate of drug-likeness (QED) is 0.165. The summed E-state index contributed by atoms with van der Waals surface area (Å²) in [7, 11) is 1.54. The van der Waals surface area contributed by atoms with Crippen LogP contribution < -0.4 is 15.4 Å². The number of nitrogens with one attached hydrogen (secondary N) is 2. The molecule has 1 fully saturated rings. The molecule has 0 radical (unpaired) electrons. The van der Waals surface area contributed by atoms with Gasteiger partial charge >= 0.3 is 0 Å². The van der Waals surface area contributed by atoms with Crippen molar-refractivity contribution >= 4 is 34.6 Å². The molecule has 1 amide bonds. The topological polar surface area (TPSA) is 123 Å². The lowest BCUT2D eigenvalue weighted by Crippen LogP contribution is -2.32. The molecule has 0 aliphatic carbocycles. The summed E-state index contributed by atoms with van der Waals surface area (Å²) >= 11 is 5.68. The Morgan fingerprint density at radius 2 is 1.90 bits per heavy atom. The standard InChI is InChI=1S/C28H25N5O5S/c1-37-23-12-5-3-9-19(23)30-25(34)15-17-32-27(26(31-28(32)39)20-10-6-7-16-29-20)24-14-13-22(38-24)18-8-2-4-11-21(18)33(35)36/h2-14,16,26-27H,15,17H2,1H3,(H,30,34)(H,31,39)/t26-,27+/m0/s1. The number of para-hydroxylation sites is 3. The smallest absolute Gasteiger partial charge is 0.280 e. The number of aromatic nitrogens is 1. The Kier molecular flexibility index (Phi) is 7.50. The molecule has 10 nitrogen and oxygen atoms in total. The zero-order chi connectivity index (χ0) is 27.4. The van der Waals surface area contributed by atoms with Gasteiger partial charge in [0.05, 0.1) is 35.0 Å². The van der Waals surface area contributed by atoms with Crippen molar-refractivity contribution < 1.29 is 18.9 Å². The maximum absolute atomic E-state index is 12.9. The summed E-state index contributed by atoms with van der Waals surface area (Å²) in [4.78, 5) is 30.4. The second-order valence-corrected chi connectivity index (χ2v) is 9.18. The molecule has 2 aromatic carbocycles. The number of benzene rings is 2. The normalized spacial score (nSPS) is 16.5. The van der Waals surface area contributed by atoms with E-state index in [1.54, 1.807) is 55.8 Å². The Balaban J connectivity index is 1.42. The molecule has 1 aliphatic rings. The Morgan fingerprint density at radius 3 is 2.67 bits per heavy atom. The third kappa shape index (κ3) is 5.43. The fraction of sp³-hybridized carbons (Fsp3) is 0.179. The van der Waals surface area contributed by atoms with Gasteiger partial charge in [-0.25, -0.2) is 0 Å². The highest BCUT2D eigenvalue weighted by atomic mass is 32.1. The summed E-state index contributed by atoms with van der Waals surface area (Å²) in [6.45, 7) is 0.294. The van der Waals surface area contributed by atoms with Gasteiger partial charge < -0.3 is 24.7 Å². The highest BCUT2D eigenvalue weighted by Gasteiger charge is 2.41. The molecule has 2 N–H and O–H groups in total. The van der Waals surface area contributed by atoms with E-state index in [1.807, 2.05) is 35.2 Å². The van der Waals surface area contributed by atoms with Crippen molar-refractivity contribution in [3.8, 4) is 17.1 Å². The van der Waals surface area contributed by atoms with Crippen LogP contribution in [0.2, 0.25) is 0 Å². The Bertz CT molecular complexity index is 1510. The van der Waals surface area contributed by atoms with Crippen molar-refractivity contribution in [3.05, 3.63) is 107 Å². The minimum absolute atomic E-state index is 0.0513. The van der Waals surface area contributed by atoms with Crippen LogP contribution in [0.15, 0.2) is 89.5 Å². The SMILES string of the molecule is COc1ccccc1NC(=O)CCN1C(=S)N[C@@H](c2ccccn2)[C@H]1c1ccc(-c2ccccc2[N+](=O)[O-])o1. The first-order chi connectivity index (χ1) is 19.0. The van der Waals surface area contributed by atoms with Crippen molar-refractivity contribution in [2.75, 3.05) is 19.0 Å². The van der Waals surface area contributed by atoms with Crippen LogP contribution in [0, 0.1) is 10.1 Å². The number of methoxy groups -OCH3 is 1. The highest BCUT2D eigenvalue weighted by molar-refractivity contribution is 7.80. The third-order valence-electron chi connectivity index (χ3n) is 6.44. The van der Waals surface area contributed by atoms with E-state index in [4.69, 9.17) is 21.4 Å². The summed E-state index contributed by atoms with van der Waals surface area (Å²) < 4.78 is 11.5. The van der Waals surface area contributed by atoms with Gasteiger partial charge in [0.1, 0.15) is 23.3 Å². The van der Waals surface area contributed by atoms with Gasteiger partial charge in [0, 0.05) is 25.2 Å². The maximum Gasteiger partial charge on any atom is 0.280 e. The molecule has 198 valence electrons. The van der Waals surface area contributed by atoms with E-state index >= 15 is 0 Å². The Labute approximate surface area is 229 Å². The molecule has 1 saturated heterocycles. The molecule has 3 heterocycles. The van der Waals surface area contributed by atoms with Crippen molar-refractivity contribution in [1.29, 1.82) is 0 Å². The number of carbonyl (C=O) groups is 1. The number of anilines is 1. The third-order valence-corrected chi connectivity index (χ3v) is 6.80. The van der Waals surface area contributed by atoms with Gasteiger partial charge in [-0.15, -0.1) is 0 Å². The number of hydrogen-bond acceptors (Lipinski definition) is 7. The number of furan rings is 1.